The van der Waals surface area contributed by atoms with Crippen molar-refractivity contribution in [3.8, 4) is 0 Å². The summed E-state index contributed by atoms with van der Waals surface area (Å²) in [5.41, 5.74) is -0.760. The Kier molecular flexibility index (Phi) is 5.60. The Labute approximate surface area is 167 Å². The van der Waals surface area contributed by atoms with E-state index in [4.69, 9.17) is 9.47 Å². The van der Waals surface area contributed by atoms with E-state index in [1.54, 1.807) is 0 Å². The summed E-state index contributed by atoms with van der Waals surface area (Å²) < 4.78 is 10.5. The van der Waals surface area contributed by atoms with Gasteiger partial charge >= 0.3 is 11.9 Å². The monoisotopic (exact) mass is 398 g/mol. The quantitative estimate of drug-likeness (QED) is 0.675. The molecule has 6 nitrogen and oxygen atoms in total. The first kappa shape index (κ1) is 20.9. The van der Waals surface area contributed by atoms with Crippen LogP contribution in [0.4, 0.5) is 0 Å². The molecular formula is C20H34N2O4S. The summed E-state index contributed by atoms with van der Waals surface area (Å²) in [5, 5.41) is 0.141. The van der Waals surface area contributed by atoms with Gasteiger partial charge in [0.25, 0.3) is 0 Å². The molecule has 2 unspecified atom stereocenters. The number of carbonyl (C=O) groups excluding carboxylic acids is 2. The number of nitrogens with zero attached hydrogens (tertiary/aromatic N) is 2. The predicted octanol–water partition coefficient (Wildman–Crippen LogP) is 2.65. The van der Waals surface area contributed by atoms with E-state index in [1.807, 2.05) is 11.8 Å². The summed E-state index contributed by atoms with van der Waals surface area (Å²) in [7, 11) is 1.47. The maximum Gasteiger partial charge on any atom is 0.326 e. The summed E-state index contributed by atoms with van der Waals surface area (Å²) in [6, 6.07) is -0.256. The molecule has 3 aliphatic rings. The van der Waals surface area contributed by atoms with Gasteiger partial charge < -0.3 is 9.47 Å². The zero-order valence-electron chi connectivity index (χ0n) is 17.5. The van der Waals surface area contributed by atoms with Gasteiger partial charge in [-0.25, -0.2) is 0 Å². The van der Waals surface area contributed by atoms with E-state index in [2.05, 4.69) is 44.4 Å². The summed E-state index contributed by atoms with van der Waals surface area (Å²) in [6.07, 6.45) is 3.51. The van der Waals surface area contributed by atoms with Crippen molar-refractivity contribution in [2.45, 2.75) is 88.2 Å². The number of cyclic esters (lactones) is 1. The smallest absolute Gasteiger partial charge is 0.326 e. The first-order valence-electron chi connectivity index (χ1n) is 9.94. The number of carbonyl (C=O) groups is 2. The van der Waals surface area contributed by atoms with E-state index in [9.17, 15) is 9.59 Å². The zero-order chi connectivity index (χ0) is 20.0. The van der Waals surface area contributed by atoms with Crippen LogP contribution in [-0.2, 0) is 19.1 Å². The number of thioether (sulfide) groups is 1. The molecule has 3 atom stereocenters. The average Bonchev–Trinajstić information content (AvgIpc) is 3.27. The van der Waals surface area contributed by atoms with Crippen molar-refractivity contribution in [1.29, 1.82) is 0 Å². The lowest BCUT2D eigenvalue weighted by Crippen LogP contribution is -2.59. The van der Waals surface area contributed by atoms with Gasteiger partial charge in [0.05, 0.1) is 13.7 Å². The van der Waals surface area contributed by atoms with E-state index in [1.165, 1.54) is 7.11 Å². The van der Waals surface area contributed by atoms with E-state index in [-0.39, 0.29) is 34.3 Å². The Balaban J connectivity index is 1.82. The van der Waals surface area contributed by atoms with Gasteiger partial charge in [-0.3, -0.25) is 19.4 Å². The van der Waals surface area contributed by atoms with Crippen molar-refractivity contribution in [1.82, 2.24) is 9.80 Å². The fourth-order valence-corrected chi connectivity index (χ4v) is 6.98. The average molecular weight is 399 g/mol. The molecule has 0 N–H and O–H groups in total. The molecule has 3 fully saturated rings. The second kappa shape index (κ2) is 7.23. The molecule has 0 radical (unpaired) electrons. The van der Waals surface area contributed by atoms with Crippen LogP contribution in [0.5, 0.6) is 0 Å². The van der Waals surface area contributed by atoms with Crippen molar-refractivity contribution >= 4 is 23.7 Å². The lowest BCUT2D eigenvalue weighted by Gasteiger charge is -2.45. The van der Waals surface area contributed by atoms with Crippen LogP contribution >= 0.6 is 11.8 Å². The highest BCUT2D eigenvalue weighted by Gasteiger charge is 2.57. The van der Waals surface area contributed by atoms with Gasteiger partial charge in [-0.15, -0.1) is 11.8 Å². The highest BCUT2D eigenvalue weighted by molar-refractivity contribution is 8.00. The molecule has 0 aromatic carbocycles. The van der Waals surface area contributed by atoms with Gasteiger partial charge in [-0.2, -0.15) is 0 Å². The van der Waals surface area contributed by atoms with E-state index < -0.39 is 5.54 Å². The third-order valence-corrected chi connectivity index (χ3v) is 7.75. The van der Waals surface area contributed by atoms with Gasteiger partial charge in [0.1, 0.15) is 11.6 Å². The molecule has 154 valence electrons. The number of ether oxygens (including phenoxy) is 2. The van der Waals surface area contributed by atoms with Crippen LogP contribution in [0.25, 0.3) is 0 Å². The Morgan fingerprint density at radius 1 is 1.30 bits per heavy atom. The third-order valence-electron chi connectivity index (χ3n) is 6.47. The van der Waals surface area contributed by atoms with Crippen LogP contribution in [0.3, 0.4) is 0 Å². The van der Waals surface area contributed by atoms with Crippen molar-refractivity contribution in [3.05, 3.63) is 0 Å². The summed E-state index contributed by atoms with van der Waals surface area (Å²) in [4.78, 5) is 29.8. The van der Waals surface area contributed by atoms with Gasteiger partial charge in [0.2, 0.25) is 0 Å². The van der Waals surface area contributed by atoms with Gasteiger partial charge in [-0.1, -0.05) is 0 Å². The summed E-state index contributed by atoms with van der Waals surface area (Å²) in [6.45, 7) is 12.3. The maximum absolute atomic E-state index is 12.6. The SMILES string of the molecule is COC(=O)[C@H]1C(CC(C)(C)N2CCCC23CCOC3=O)SCN1C(C)(C)C. The molecule has 3 heterocycles. The number of esters is 2. The minimum Gasteiger partial charge on any atom is -0.468 e. The van der Waals surface area contributed by atoms with Crippen molar-refractivity contribution < 1.29 is 19.1 Å². The molecule has 0 saturated carbocycles. The minimum absolute atomic E-state index is 0.0621. The number of hydrogen-bond donors (Lipinski definition) is 0. The molecule has 1 spiro atoms. The van der Waals surface area contributed by atoms with E-state index in [0.29, 0.717) is 6.61 Å². The molecule has 0 bridgehead atoms. The molecule has 0 amide bonds. The Hall–Kier alpha value is -0.790. The van der Waals surface area contributed by atoms with E-state index >= 15 is 0 Å². The van der Waals surface area contributed by atoms with Crippen molar-refractivity contribution in [3.63, 3.8) is 0 Å². The number of hydrogen-bond acceptors (Lipinski definition) is 7. The molecule has 0 aliphatic carbocycles. The molecule has 3 aliphatic heterocycles. The van der Waals surface area contributed by atoms with Crippen molar-refractivity contribution in [2.75, 3.05) is 26.1 Å². The summed E-state index contributed by atoms with van der Waals surface area (Å²) in [5.74, 6) is 0.595. The normalized spacial score (nSPS) is 33.0. The number of rotatable bonds is 4. The van der Waals surface area contributed by atoms with Crippen LogP contribution in [0, 0.1) is 0 Å². The van der Waals surface area contributed by atoms with Crippen LogP contribution in [0.2, 0.25) is 0 Å². The molecule has 0 aromatic rings. The standard InChI is InChI=1S/C20H34N2O4S/c1-18(2,3)21-13-27-14(15(21)16(23)25-6)12-19(4,5)22-10-7-8-20(22)9-11-26-17(20)24/h14-15H,7-13H2,1-6H3/t14?,15-,20?/m1/s1. The zero-order valence-corrected chi connectivity index (χ0v) is 18.4. The van der Waals surface area contributed by atoms with Gasteiger partial charge in [-0.05, 0) is 60.4 Å². The fraction of sp³-hybridized carbons (Fsp3) is 0.900. The van der Waals surface area contributed by atoms with Crippen LogP contribution < -0.4 is 0 Å². The molecule has 27 heavy (non-hydrogen) atoms. The highest BCUT2D eigenvalue weighted by atomic mass is 32.2. The Morgan fingerprint density at radius 2 is 2.00 bits per heavy atom. The van der Waals surface area contributed by atoms with Crippen LogP contribution in [0.1, 0.15) is 60.3 Å². The van der Waals surface area contributed by atoms with Gasteiger partial charge in [0.15, 0.2) is 0 Å². The number of likely N-dealkylation sites (tertiary alicyclic amines) is 1. The maximum atomic E-state index is 12.6. The topological polar surface area (TPSA) is 59.1 Å². The number of methoxy groups -OCH3 is 1. The molecular weight excluding hydrogens is 364 g/mol. The van der Waals surface area contributed by atoms with E-state index in [0.717, 1.165) is 38.1 Å². The molecule has 3 saturated heterocycles. The Morgan fingerprint density at radius 3 is 2.56 bits per heavy atom. The molecule has 0 aromatic heterocycles. The lowest BCUT2D eigenvalue weighted by molar-refractivity contribution is -0.151. The molecule has 7 heteroatoms. The van der Waals surface area contributed by atoms with Crippen LogP contribution in [0.15, 0.2) is 0 Å². The fourth-order valence-electron chi connectivity index (χ4n) is 5.11. The summed E-state index contributed by atoms with van der Waals surface area (Å²) >= 11 is 1.83. The third kappa shape index (κ3) is 3.62. The largest absolute Gasteiger partial charge is 0.468 e. The van der Waals surface area contributed by atoms with Gasteiger partial charge in [0, 0.05) is 28.6 Å². The minimum atomic E-state index is -0.461. The first-order chi connectivity index (χ1) is 12.5. The molecule has 3 rings (SSSR count). The Bertz CT molecular complexity index is 599. The van der Waals surface area contributed by atoms with Crippen molar-refractivity contribution in [2.24, 2.45) is 0 Å². The first-order valence-corrected chi connectivity index (χ1v) is 11.0. The highest BCUT2D eigenvalue weighted by Crippen LogP contribution is 2.46. The second-order valence-corrected chi connectivity index (χ2v) is 10.8. The lowest BCUT2D eigenvalue weighted by atomic mass is 9.86. The predicted molar refractivity (Wildman–Crippen MR) is 107 cm³/mol. The second-order valence-electron chi connectivity index (χ2n) is 9.63. The van der Waals surface area contributed by atoms with Crippen LogP contribution in [-0.4, -0.2) is 75.8 Å².